The molecule has 0 spiro atoms. The topological polar surface area (TPSA) is 0 Å². The van der Waals surface area contributed by atoms with Crippen LogP contribution in [0.15, 0.2) is 22.5 Å². The molecule has 0 heterocycles. The van der Waals surface area contributed by atoms with Crippen molar-refractivity contribution in [1.29, 1.82) is 0 Å². The highest BCUT2D eigenvalue weighted by molar-refractivity contribution is 9.11. The number of allylic oxidation sites excluding steroid dienone is 4. The van der Waals surface area contributed by atoms with Crippen molar-refractivity contribution in [3.05, 3.63) is 22.5 Å². The SMILES string of the molecule is FC1=CCC(F)(C(F)(F)F)C=C1Br. The lowest BCUT2D eigenvalue weighted by Crippen LogP contribution is -2.39. The third-order valence-corrected chi connectivity index (χ3v) is 2.24. The monoisotopic (exact) mass is 262 g/mol. The fourth-order valence-corrected chi connectivity index (χ4v) is 1.39. The van der Waals surface area contributed by atoms with Gasteiger partial charge in [-0.15, -0.1) is 0 Å². The second-order valence-electron chi connectivity index (χ2n) is 2.61. The second-order valence-corrected chi connectivity index (χ2v) is 3.46. The summed E-state index contributed by atoms with van der Waals surface area (Å²) in [6, 6.07) is 0. The minimum Gasteiger partial charge on any atom is -0.229 e. The molecule has 0 saturated heterocycles. The standard InChI is InChI=1S/C7H4BrF5/c8-4-3-6(10,7(11,12)13)2-1-5(4)9/h1,3H,2H2. The van der Waals surface area contributed by atoms with Crippen LogP contribution in [0.5, 0.6) is 0 Å². The molecule has 0 saturated carbocycles. The molecule has 74 valence electrons. The molecule has 0 aliphatic heterocycles. The molecule has 0 radical (unpaired) electrons. The third kappa shape index (κ3) is 1.92. The summed E-state index contributed by atoms with van der Waals surface area (Å²) in [6.45, 7) is 0. The molecular weight excluding hydrogens is 259 g/mol. The lowest BCUT2D eigenvalue weighted by Gasteiger charge is -2.26. The van der Waals surface area contributed by atoms with Crippen LogP contribution in [0, 0.1) is 0 Å². The lowest BCUT2D eigenvalue weighted by molar-refractivity contribution is -0.211. The zero-order valence-electron chi connectivity index (χ0n) is 6.13. The van der Waals surface area contributed by atoms with Crippen molar-refractivity contribution in [2.75, 3.05) is 0 Å². The summed E-state index contributed by atoms with van der Waals surface area (Å²) in [5.41, 5.74) is -3.46. The molecule has 0 amide bonds. The van der Waals surface area contributed by atoms with Crippen molar-refractivity contribution < 1.29 is 22.0 Å². The molecule has 0 aromatic carbocycles. The number of alkyl halides is 4. The van der Waals surface area contributed by atoms with Gasteiger partial charge in [-0.25, -0.2) is 8.78 Å². The zero-order chi connectivity index (χ0) is 10.3. The van der Waals surface area contributed by atoms with Gasteiger partial charge >= 0.3 is 6.18 Å². The minimum atomic E-state index is -5.01. The third-order valence-electron chi connectivity index (χ3n) is 1.63. The van der Waals surface area contributed by atoms with Gasteiger partial charge in [-0.2, -0.15) is 13.2 Å². The molecule has 13 heavy (non-hydrogen) atoms. The van der Waals surface area contributed by atoms with Gasteiger partial charge in [0.1, 0.15) is 5.83 Å². The minimum absolute atomic E-state index is 0.197. The molecule has 1 aliphatic rings. The van der Waals surface area contributed by atoms with E-state index in [0.29, 0.717) is 6.08 Å². The predicted molar refractivity (Wildman–Crippen MR) is 40.7 cm³/mol. The van der Waals surface area contributed by atoms with Crippen LogP contribution in [0.2, 0.25) is 0 Å². The Balaban J connectivity index is 3.01. The normalized spacial score (nSPS) is 29.7. The molecule has 0 fully saturated rings. The summed E-state index contributed by atoms with van der Waals surface area (Å²) in [7, 11) is 0. The summed E-state index contributed by atoms with van der Waals surface area (Å²) in [6.07, 6.45) is -5.26. The van der Waals surface area contributed by atoms with Gasteiger partial charge in [-0.1, -0.05) is 0 Å². The van der Waals surface area contributed by atoms with Crippen LogP contribution in [-0.2, 0) is 0 Å². The summed E-state index contributed by atoms with van der Waals surface area (Å²) in [5, 5.41) is 0. The van der Waals surface area contributed by atoms with E-state index in [0.717, 1.165) is 0 Å². The Hall–Kier alpha value is -0.390. The van der Waals surface area contributed by atoms with Gasteiger partial charge in [0.25, 0.3) is 0 Å². The lowest BCUT2D eigenvalue weighted by atomic mass is 9.96. The van der Waals surface area contributed by atoms with E-state index in [2.05, 4.69) is 15.9 Å². The van der Waals surface area contributed by atoms with E-state index in [1.54, 1.807) is 0 Å². The van der Waals surface area contributed by atoms with Crippen LogP contribution < -0.4 is 0 Å². The Morgan fingerprint density at radius 1 is 1.38 bits per heavy atom. The van der Waals surface area contributed by atoms with Crippen molar-refractivity contribution in [2.45, 2.75) is 18.3 Å². The molecule has 0 aromatic heterocycles. The van der Waals surface area contributed by atoms with E-state index >= 15 is 0 Å². The highest BCUT2D eigenvalue weighted by Gasteiger charge is 2.55. The van der Waals surface area contributed by atoms with E-state index < -0.39 is 28.6 Å². The van der Waals surface area contributed by atoms with Crippen molar-refractivity contribution in [3.63, 3.8) is 0 Å². The van der Waals surface area contributed by atoms with Crippen LogP contribution in [-0.4, -0.2) is 11.8 Å². The van der Waals surface area contributed by atoms with Gasteiger partial charge in [-0.05, 0) is 28.1 Å². The highest BCUT2D eigenvalue weighted by atomic mass is 79.9. The van der Waals surface area contributed by atoms with Crippen LogP contribution in [0.1, 0.15) is 6.42 Å². The first-order valence-electron chi connectivity index (χ1n) is 3.26. The zero-order valence-corrected chi connectivity index (χ0v) is 7.72. The number of rotatable bonds is 0. The van der Waals surface area contributed by atoms with Crippen molar-refractivity contribution in [3.8, 4) is 0 Å². The Kier molecular flexibility index (Phi) is 2.53. The quantitative estimate of drug-likeness (QED) is 0.583. The summed E-state index contributed by atoms with van der Waals surface area (Å²) in [4.78, 5) is 0. The first kappa shape index (κ1) is 10.7. The van der Waals surface area contributed by atoms with Crippen LogP contribution >= 0.6 is 15.9 Å². The van der Waals surface area contributed by atoms with E-state index in [4.69, 9.17) is 0 Å². The molecule has 1 unspecified atom stereocenters. The summed E-state index contributed by atoms with van der Waals surface area (Å²) in [5.74, 6) is -0.877. The highest BCUT2D eigenvalue weighted by Crippen LogP contribution is 2.43. The molecule has 0 aromatic rings. The molecular formula is C7H4BrF5. The molecule has 0 bridgehead atoms. The maximum absolute atomic E-state index is 13.1. The van der Waals surface area contributed by atoms with Crippen molar-refractivity contribution in [2.24, 2.45) is 0 Å². The Morgan fingerprint density at radius 2 is 1.92 bits per heavy atom. The molecule has 0 N–H and O–H groups in total. The van der Waals surface area contributed by atoms with Crippen LogP contribution in [0.25, 0.3) is 0 Å². The van der Waals surface area contributed by atoms with Gasteiger partial charge in [0, 0.05) is 6.42 Å². The second kappa shape index (κ2) is 3.08. The Labute approximate surface area is 79.2 Å². The number of halogens is 6. The first-order valence-corrected chi connectivity index (χ1v) is 4.05. The van der Waals surface area contributed by atoms with E-state index in [1.165, 1.54) is 0 Å². The predicted octanol–water partition coefficient (Wildman–Crippen LogP) is 3.79. The van der Waals surface area contributed by atoms with Crippen molar-refractivity contribution in [1.82, 2.24) is 0 Å². The molecule has 0 nitrogen and oxygen atoms in total. The summed E-state index contributed by atoms with van der Waals surface area (Å²) >= 11 is 2.50. The van der Waals surface area contributed by atoms with Gasteiger partial charge in [0.15, 0.2) is 0 Å². The molecule has 1 atom stereocenters. The number of hydrogen-bond acceptors (Lipinski definition) is 0. The van der Waals surface area contributed by atoms with Gasteiger partial charge in [0.2, 0.25) is 5.67 Å². The molecule has 1 aliphatic carbocycles. The molecule has 1 rings (SSSR count). The van der Waals surface area contributed by atoms with E-state index in [-0.39, 0.29) is 6.08 Å². The number of hydrogen-bond donors (Lipinski definition) is 0. The Bertz CT molecular complexity index is 277. The average Bonchev–Trinajstić information content (AvgIpc) is 1.95. The smallest absolute Gasteiger partial charge is 0.229 e. The first-order chi connectivity index (χ1) is 5.76. The van der Waals surface area contributed by atoms with Crippen LogP contribution in [0.4, 0.5) is 22.0 Å². The van der Waals surface area contributed by atoms with Gasteiger partial charge in [0.05, 0.1) is 4.48 Å². The van der Waals surface area contributed by atoms with Crippen LogP contribution in [0.3, 0.4) is 0 Å². The fraction of sp³-hybridized carbons (Fsp3) is 0.429. The van der Waals surface area contributed by atoms with E-state index in [9.17, 15) is 22.0 Å². The van der Waals surface area contributed by atoms with Gasteiger partial charge in [-0.3, -0.25) is 0 Å². The van der Waals surface area contributed by atoms with Gasteiger partial charge < -0.3 is 0 Å². The van der Waals surface area contributed by atoms with Crippen molar-refractivity contribution >= 4 is 15.9 Å². The van der Waals surface area contributed by atoms with E-state index in [1.807, 2.05) is 0 Å². The molecule has 6 heteroatoms. The fourth-order valence-electron chi connectivity index (χ4n) is 0.862. The average molecular weight is 263 g/mol. The Morgan fingerprint density at radius 3 is 2.31 bits per heavy atom. The maximum atomic E-state index is 13.1. The summed E-state index contributed by atoms with van der Waals surface area (Å²) < 4.78 is 61.2. The maximum Gasteiger partial charge on any atom is 0.426 e. The largest absolute Gasteiger partial charge is 0.426 e.